The van der Waals surface area contributed by atoms with Crippen molar-refractivity contribution in [3.63, 3.8) is 0 Å². The molecule has 0 spiro atoms. The Morgan fingerprint density at radius 3 is 2.33 bits per heavy atom. The van der Waals surface area contributed by atoms with Gasteiger partial charge in [0.25, 0.3) is 15.9 Å². The minimum Gasteiger partial charge on any atom is -0.268 e. The molecule has 0 aliphatic rings. The first-order valence-electron chi connectivity index (χ1n) is 7.58. The Labute approximate surface area is 153 Å². The zero-order valence-corrected chi connectivity index (χ0v) is 15.1. The molecule has 27 heavy (non-hydrogen) atoms. The van der Waals surface area contributed by atoms with Gasteiger partial charge in [-0.3, -0.25) is 4.79 Å². The lowest BCUT2D eigenvalue weighted by Crippen LogP contribution is -2.30. The first kappa shape index (κ1) is 20.6. The normalized spacial score (nSPS) is 12.4. The van der Waals surface area contributed by atoms with E-state index in [2.05, 4.69) is 0 Å². The Morgan fingerprint density at radius 1 is 1.07 bits per heavy atom. The fourth-order valence-electron chi connectivity index (χ4n) is 2.34. The minimum atomic E-state index is -5.02. The molecule has 2 aromatic carbocycles. The number of aryl methyl sites for hydroxylation is 2. The van der Waals surface area contributed by atoms with E-state index in [0.717, 1.165) is 11.1 Å². The van der Waals surface area contributed by atoms with Crippen LogP contribution in [0.15, 0.2) is 41.8 Å². The predicted octanol–water partition coefficient (Wildman–Crippen LogP) is 4.19. The van der Waals surface area contributed by atoms with Crippen molar-refractivity contribution in [1.29, 1.82) is 0 Å². The molecule has 0 saturated heterocycles. The van der Waals surface area contributed by atoms with Gasteiger partial charge in [0.15, 0.2) is 0 Å². The SMILES string of the molecule is Cc1ccc(/C=C/S(=O)(=O)NC(=O)c2ccc(F)cc2C(F)(F)F)c(C)c1. The molecule has 0 aromatic heterocycles. The van der Waals surface area contributed by atoms with Gasteiger partial charge >= 0.3 is 6.18 Å². The molecule has 1 amide bonds. The molecule has 0 saturated carbocycles. The molecule has 1 N–H and O–H groups in total. The number of alkyl halides is 3. The quantitative estimate of drug-likeness (QED) is 0.782. The molecule has 0 unspecified atom stereocenters. The fraction of sp³-hybridized carbons (Fsp3) is 0.167. The summed E-state index contributed by atoms with van der Waals surface area (Å²) in [5.74, 6) is -2.70. The van der Waals surface area contributed by atoms with Gasteiger partial charge in [0.2, 0.25) is 0 Å². The molecule has 144 valence electrons. The van der Waals surface area contributed by atoms with E-state index in [1.807, 2.05) is 13.0 Å². The second-order valence-corrected chi connectivity index (χ2v) is 7.39. The molecule has 2 rings (SSSR count). The first-order chi connectivity index (χ1) is 12.4. The summed E-state index contributed by atoms with van der Waals surface area (Å²) in [6, 6.07) is 6.59. The smallest absolute Gasteiger partial charge is 0.268 e. The predicted molar refractivity (Wildman–Crippen MR) is 92.7 cm³/mol. The number of nitrogens with one attached hydrogen (secondary N) is 1. The molecule has 0 aliphatic heterocycles. The van der Waals surface area contributed by atoms with E-state index in [4.69, 9.17) is 0 Å². The summed E-state index contributed by atoms with van der Waals surface area (Å²) in [5.41, 5.74) is -0.236. The van der Waals surface area contributed by atoms with Gasteiger partial charge in [-0.25, -0.2) is 17.5 Å². The third-order valence-corrected chi connectivity index (χ3v) is 4.58. The lowest BCUT2D eigenvalue weighted by atomic mass is 10.1. The molecule has 0 radical (unpaired) electrons. The molecular weight excluding hydrogens is 386 g/mol. The highest BCUT2D eigenvalue weighted by atomic mass is 32.2. The first-order valence-corrected chi connectivity index (χ1v) is 9.13. The van der Waals surface area contributed by atoms with Crippen molar-refractivity contribution in [1.82, 2.24) is 4.72 Å². The van der Waals surface area contributed by atoms with Gasteiger partial charge in [-0.1, -0.05) is 23.8 Å². The van der Waals surface area contributed by atoms with Crippen molar-refractivity contribution in [2.75, 3.05) is 0 Å². The molecule has 0 atom stereocenters. The standard InChI is InChI=1S/C18H15F4NO3S/c1-11-3-4-13(12(2)9-11)7-8-27(25,26)23-17(24)15-6-5-14(19)10-16(15)18(20,21)22/h3-10H,1-2H3,(H,23,24)/b8-7+. The van der Waals surface area contributed by atoms with Crippen molar-refractivity contribution < 1.29 is 30.8 Å². The van der Waals surface area contributed by atoms with E-state index < -0.39 is 39.1 Å². The molecule has 2 aromatic rings. The van der Waals surface area contributed by atoms with Crippen molar-refractivity contribution in [3.05, 3.63) is 75.4 Å². The summed E-state index contributed by atoms with van der Waals surface area (Å²) in [4.78, 5) is 12.0. The third kappa shape index (κ3) is 5.40. The Bertz CT molecular complexity index is 1010. The van der Waals surface area contributed by atoms with E-state index in [1.165, 1.54) is 10.8 Å². The number of hydrogen-bond acceptors (Lipinski definition) is 3. The zero-order valence-electron chi connectivity index (χ0n) is 14.3. The lowest BCUT2D eigenvalue weighted by molar-refractivity contribution is -0.138. The van der Waals surface area contributed by atoms with Crippen LogP contribution in [0, 0.1) is 19.7 Å². The van der Waals surface area contributed by atoms with E-state index in [1.54, 1.807) is 19.1 Å². The van der Waals surface area contributed by atoms with Gasteiger partial charge in [0.1, 0.15) is 5.82 Å². The van der Waals surface area contributed by atoms with Crippen molar-refractivity contribution >= 4 is 22.0 Å². The van der Waals surface area contributed by atoms with Crippen LogP contribution in [0.4, 0.5) is 17.6 Å². The highest BCUT2D eigenvalue weighted by Gasteiger charge is 2.36. The van der Waals surface area contributed by atoms with Crippen LogP contribution in [-0.2, 0) is 16.2 Å². The Kier molecular flexibility index (Phi) is 5.74. The number of sulfonamides is 1. The monoisotopic (exact) mass is 401 g/mol. The van der Waals surface area contributed by atoms with E-state index >= 15 is 0 Å². The van der Waals surface area contributed by atoms with Gasteiger partial charge < -0.3 is 0 Å². The number of halogens is 4. The van der Waals surface area contributed by atoms with Gasteiger partial charge in [0, 0.05) is 0 Å². The van der Waals surface area contributed by atoms with Crippen LogP contribution in [0.3, 0.4) is 0 Å². The van der Waals surface area contributed by atoms with E-state index in [-0.39, 0.29) is 6.07 Å². The molecule has 4 nitrogen and oxygen atoms in total. The Morgan fingerprint density at radius 2 is 1.74 bits per heavy atom. The second kappa shape index (κ2) is 7.51. The fourth-order valence-corrected chi connectivity index (χ4v) is 3.10. The van der Waals surface area contributed by atoms with Crippen molar-refractivity contribution in [3.8, 4) is 0 Å². The van der Waals surface area contributed by atoms with Crippen LogP contribution >= 0.6 is 0 Å². The highest BCUT2D eigenvalue weighted by molar-refractivity contribution is 7.93. The van der Waals surface area contributed by atoms with Crippen LogP contribution in [0.1, 0.15) is 32.6 Å². The molecule has 0 heterocycles. The molecule has 0 bridgehead atoms. The number of rotatable bonds is 4. The number of carbonyl (C=O) groups is 1. The summed E-state index contributed by atoms with van der Waals surface area (Å²) in [6.45, 7) is 3.62. The van der Waals surface area contributed by atoms with Crippen molar-refractivity contribution in [2.45, 2.75) is 20.0 Å². The summed E-state index contributed by atoms with van der Waals surface area (Å²) >= 11 is 0. The lowest BCUT2D eigenvalue weighted by Gasteiger charge is -2.12. The zero-order chi connectivity index (χ0) is 20.4. The number of benzene rings is 2. The minimum absolute atomic E-state index is 0.132. The highest BCUT2D eigenvalue weighted by Crippen LogP contribution is 2.32. The van der Waals surface area contributed by atoms with Gasteiger partial charge in [-0.05, 0) is 49.2 Å². The summed E-state index contributed by atoms with van der Waals surface area (Å²) < 4.78 is 77.5. The summed E-state index contributed by atoms with van der Waals surface area (Å²) in [6.07, 6.45) is -3.80. The topological polar surface area (TPSA) is 63.2 Å². The van der Waals surface area contributed by atoms with Crippen LogP contribution < -0.4 is 4.72 Å². The van der Waals surface area contributed by atoms with E-state index in [9.17, 15) is 30.8 Å². The molecular formula is C18H15F4NO3S. The molecule has 0 aliphatic carbocycles. The third-order valence-electron chi connectivity index (χ3n) is 3.62. The number of hydrogen-bond donors (Lipinski definition) is 1. The summed E-state index contributed by atoms with van der Waals surface area (Å²) in [7, 11) is -4.37. The van der Waals surface area contributed by atoms with Crippen LogP contribution in [0.2, 0.25) is 0 Å². The van der Waals surface area contributed by atoms with Crippen molar-refractivity contribution in [2.24, 2.45) is 0 Å². The second-order valence-electron chi connectivity index (χ2n) is 5.83. The number of carbonyl (C=O) groups excluding carboxylic acids is 1. The Hall–Kier alpha value is -2.68. The largest absolute Gasteiger partial charge is 0.417 e. The maximum atomic E-state index is 13.1. The van der Waals surface area contributed by atoms with Crippen LogP contribution in [0.25, 0.3) is 6.08 Å². The maximum absolute atomic E-state index is 13.1. The van der Waals surface area contributed by atoms with E-state index in [0.29, 0.717) is 23.1 Å². The molecule has 9 heteroatoms. The molecule has 0 fully saturated rings. The Balaban J connectivity index is 2.28. The summed E-state index contributed by atoms with van der Waals surface area (Å²) in [5, 5.41) is 0.680. The number of amides is 1. The average molecular weight is 401 g/mol. The maximum Gasteiger partial charge on any atom is 0.417 e. The van der Waals surface area contributed by atoms with Crippen LogP contribution in [-0.4, -0.2) is 14.3 Å². The van der Waals surface area contributed by atoms with Gasteiger partial charge in [-0.2, -0.15) is 13.2 Å². The van der Waals surface area contributed by atoms with Gasteiger partial charge in [0.05, 0.1) is 16.5 Å². The van der Waals surface area contributed by atoms with Crippen LogP contribution in [0.5, 0.6) is 0 Å². The average Bonchev–Trinajstić information content (AvgIpc) is 2.52. The van der Waals surface area contributed by atoms with Gasteiger partial charge in [-0.15, -0.1) is 0 Å².